The maximum atomic E-state index is 12.2. The Hall–Kier alpha value is -1.12. The summed E-state index contributed by atoms with van der Waals surface area (Å²) in [4.78, 5) is 10.6. The molecule has 4 rings (SSSR count). The molecule has 7 nitrogen and oxygen atoms in total. The van der Waals surface area contributed by atoms with Gasteiger partial charge in [0.2, 0.25) is 5.28 Å². The molecule has 9 heteroatoms. The lowest BCUT2D eigenvalue weighted by atomic mass is 10.1. The van der Waals surface area contributed by atoms with Gasteiger partial charge in [0.1, 0.15) is 17.0 Å². The smallest absolute Gasteiger partial charge is 0.224 e. The first kappa shape index (κ1) is 14.5. The molecule has 1 aromatic rings. The number of sulfone groups is 1. The lowest BCUT2D eigenvalue weighted by Crippen LogP contribution is -2.52. The van der Waals surface area contributed by atoms with Crippen LogP contribution in [0.4, 0.5) is 5.82 Å². The number of nitrogens with zero attached hydrogens (tertiary/aromatic N) is 3. The molecule has 3 aliphatic rings. The van der Waals surface area contributed by atoms with Crippen molar-refractivity contribution in [2.24, 2.45) is 0 Å². The number of hydrogen-bond donors (Lipinski definition) is 0. The number of anilines is 1. The molecule has 2 aliphatic heterocycles. The van der Waals surface area contributed by atoms with Crippen molar-refractivity contribution in [2.45, 2.75) is 23.6 Å². The van der Waals surface area contributed by atoms with Gasteiger partial charge >= 0.3 is 0 Å². The first-order chi connectivity index (χ1) is 10.4. The predicted molar refractivity (Wildman–Crippen MR) is 80.2 cm³/mol. The molecule has 0 radical (unpaired) electrons. The summed E-state index contributed by atoms with van der Waals surface area (Å²) in [5.41, 5.74) is 0.412. The minimum absolute atomic E-state index is 0.0550. The number of halogens is 1. The van der Waals surface area contributed by atoms with E-state index < -0.39 is 14.6 Å². The van der Waals surface area contributed by atoms with Gasteiger partial charge in [0.15, 0.2) is 21.4 Å². The third kappa shape index (κ3) is 2.00. The lowest BCUT2D eigenvalue weighted by molar-refractivity contribution is 0.0692. The van der Waals surface area contributed by atoms with E-state index in [9.17, 15) is 8.42 Å². The monoisotopic (exact) mass is 345 g/mol. The average Bonchev–Trinajstić information content (AvgIpc) is 3.27. The average molecular weight is 346 g/mol. The molecular formula is C13H16ClN3O4S. The summed E-state index contributed by atoms with van der Waals surface area (Å²) in [5.74, 6) is 1.05. The molecule has 0 N–H and O–H groups in total. The van der Waals surface area contributed by atoms with Crippen LogP contribution in [0.3, 0.4) is 0 Å². The SMILES string of the molecule is CS(=O)(=O)C1(c2nc(Cl)nc3c2OCC2COCCN32)CC1. The maximum absolute atomic E-state index is 12.2. The summed E-state index contributed by atoms with van der Waals surface area (Å²) in [6.45, 7) is 2.28. The first-order valence-electron chi connectivity index (χ1n) is 7.17. The summed E-state index contributed by atoms with van der Waals surface area (Å²) >= 11 is 6.07. The molecule has 0 aromatic carbocycles. The zero-order chi connectivity index (χ0) is 15.5. The Balaban J connectivity index is 1.87. The zero-order valence-electron chi connectivity index (χ0n) is 12.1. The highest BCUT2D eigenvalue weighted by molar-refractivity contribution is 7.92. The Labute approximate surface area is 133 Å². The van der Waals surface area contributed by atoms with Gasteiger partial charge in [-0.3, -0.25) is 0 Å². The molecule has 0 spiro atoms. The van der Waals surface area contributed by atoms with E-state index in [1.165, 1.54) is 6.26 Å². The molecule has 1 aromatic heterocycles. The Morgan fingerprint density at radius 3 is 2.77 bits per heavy atom. The van der Waals surface area contributed by atoms with Gasteiger partial charge in [0.05, 0.1) is 19.3 Å². The summed E-state index contributed by atoms with van der Waals surface area (Å²) in [6.07, 6.45) is 2.33. The third-order valence-electron chi connectivity index (χ3n) is 4.59. The van der Waals surface area contributed by atoms with Crippen LogP contribution in [0.5, 0.6) is 5.75 Å². The van der Waals surface area contributed by atoms with Crippen molar-refractivity contribution in [1.82, 2.24) is 9.97 Å². The van der Waals surface area contributed by atoms with E-state index in [2.05, 4.69) is 14.9 Å². The van der Waals surface area contributed by atoms with Crippen LogP contribution in [0.1, 0.15) is 18.5 Å². The van der Waals surface area contributed by atoms with Gasteiger partial charge in [-0.15, -0.1) is 0 Å². The van der Waals surface area contributed by atoms with Gasteiger partial charge in [0.25, 0.3) is 0 Å². The number of ether oxygens (including phenoxy) is 2. The highest BCUT2D eigenvalue weighted by atomic mass is 35.5. The third-order valence-corrected chi connectivity index (χ3v) is 6.78. The standard InChI is InChI=1S/C13H16ClN3O4S/c1-22(18,19)13(2-3-13)10-9-11(16-12(14)15-10)17-4-5-20-6-8(17)7-21-9/h8H,2-7H2,1H3. The second-order valence-corrected chi connectivity index (χ2v) is 8.66. The first-order valence-corrected chi connectivity index (χ1v) is 9.44. The quantitative estimate of drug-likeness (QED) is 0.732. The van der Waals surface area contributed by atoms with Crippen molar-refractivity contribution >= 4 is 27.3 Å². The lowest BCUT2D eigenvalue weighted by Gasteiger charge is -2.41. The molecule has 22 heavy (non-hydrogen) atoms. The Bertz CT molecular complexity index is 735. The molecule has 1 unspecified atom stereocenters. The molecule has 2 fully saturated rings. The van der Waals surface area contributed by atoms with E-state index >= 15 is 0 Å². The topological polar surface area (TPSA) is 81.6 Å². The Morgan fingerprint density at radius 2 is 2.09 bits per heavy atom. The van der Waals surface area contributed by atoms with Crippen LogP contribution in [0.15, 0.2) is 0 Å². The van der Waals surface area contributed by atoms with Crippen molar-refractivity contribution in [1.29, 1.82) is 0 Å². The van der Waals surface area contributed by atoms with E-state index in [0.29, 0.717) is 56.5 Å². The van der Waals surface area contributed by atoms with Crippen LogP contribution in [-0.4, -0.2) is 57.0 Å². The van der Waals surface area contributed by atoms with E-state index in [0.717, 1.165) is 0 Å². The van der Waals surface area contributed by atoms with Crippen molar-refractivity contribution in [3.8, 4) is 5.75 Å². The predicted octanol–water partition coefficient (Wildman–Crippen LogP) is 0.761. The minimum atomic E-state index is -3.30. The van der Waals surface area contributed by atoms with E-state index in [4.69, 9.17) is 21.1 Å². The van der Waals surface area contributed by atoms with E-state index in [1.807, 2.05) is 0 Å². The van der Waals surface area contributed by atoms with Crippen molar-refractivity contribution in [2.75, 3.05) is 37.5 Å². The second kappa shape index (κ2) is 4.69. The molecule has 1 aliphatic carbocycles. The Morgan fingerprint density at radius 1 is 1.32 bits per heavy atom. The molecule has 1 atom stereocenters. The highest BCUT2D eigenvalue weighted by Crippen LogP contribution is 2.56. The number of morpholine rings is 1. The fourth-order valence-electron chi connectivity index (χ4n) is 3.20. The van der Waals surface area contributed by atoms with Crippen molar-refractivity contribution in [3.63, 3.8) is 0 Å². The number of fused-ring (bicyclic) bond motifs is 3. The molecule has 0 amide bonds. The van der Waals surface area contributed by atoms with E-state index in [-0.39, 0.29) is 11.3 Å². The minimum Gasteiger partial charge on any atom is -0.486 e. The fourth-order valence-corrected chi connectivity index (χ4v) is 4.69. The maximum Gasteiger partial charge on any atom is 0.224 e. The van der Waals surface area contributed by atoms with Gasteiger partial charge in [-0.25, -0.2) is 13.4 Å². The summed E-state index contributed by atoms with van der Waals surface area (Å²) in [6, 6.07) is 0.0773. The second-order valence-electron chi connectivity index (χ2n) is 5.99. The van der Waals surface area contributed by atoms with Crippen LogP contribution < -0.4 is 9.64 Å². The molecular weight excluding hydrogens is 330 g/mol. The van der Waals surface area contributed by atoms with Crippen LogP contribution in [0.2, 0.25) is 5.28 Å². The number of rotatable bonds is 2. The van der Waals surface area contributed by atoms with Gasteiger partial charge in [0, 0.05) is 12.8 Å². The molecule has 3 heterocycles. The Kier molecular flexibility index (Phi) is 3.08. The molecule has 1 saturated heterocycles. The van der Waals surface area contributed by atoms with Crippen LogP contribution in [0.25, 0.3) is 0 Å². The molecule has 0 bridgehead atoms. The van der Waals surface area contributed by atoms with Gasteiger partial charge < -0.3 is 14.4 Å². The van der Waals surface area contributed by atoms with Crippen LogP contribution >= 0.6 is 11.6 Å². The fraction of sp³-hybridized carbons (Fsp3) is 0.692. The normalized spacial score (nSPS) is 25.9. The molecule has 120 valence electrons. The molecule has 1 saturated carbocycles. The summed E-state index contributed by atoms with van der Waals surface area (Å²) in [7, 11) is -3.30. The van der Waals surface area contributed by atoms with Gasteiger partial charge in [-0.05, 0) is 24.4 Å². The largest absolute Gasteiger partial charge is 0.486 e. The number of hydrogen-bond acceptors (Lipinski definition) is 7. The summed E-state index contributed by atoms with van der Waals surface area (Å²) < 4.78 is 34.7. The number of aromatic nitrogens is 2. The van der Waals surface area contributed by atoms with Crippen LogP contribution in [0, 0.1) is 0 Å². The highest BCUT2D eigenvalue weighted by Gasteiger charge is 2.57. The van der Waals surface area contributed by atoms with Crippen molar-refractivity contribution in [3.05, 3.63) is 11.0 Å². The zero-order valence-corrected chi connectivity index (χ0v) is 13.7. The van der Waals surface area contributed by atoms with Crippen molar-refractivity contribution < 1.29 is 17.9 Å². The van der Waals surface area contributed by atoms with Gasteiger partial charge in [-0.1, -0.05) is 0 Å². The van der Waals surface area contributed by atoms with Gasteiger partial charge in [-0.2, -0.15) is 4.98 Å². The van der Waals surface area contributed by atoms with Crippen LogP contribution in [-0.2, 0) is 19.3 Å². The summed E-state index contributed by atoms with van der Waals surface area (Å²) in [5, 5.41) is 0.0550. The van der Waals surface area contributed by atoms with E-state index in [1.54, 1.807) is 0 Å².